The maximum Gasteiger partial charge on any atom is 0.407 e. The van der Waals surface area contributed by atoms with Gasteiger partial charge in [0.25, 0.3) is 0 Å². The minimum atomic E-state index is -0.369. The Labute approximate surface area is 81.1 Å². The second-order valence-corrected chi connectivity index (χ2v) is 4.74. The fourth-order valence-corrected chi connectivity index (χ4v) is 2.23. The molecule has 2 rings (SSSR count). The van der Waals surface area contributed by atoms with Gasteiger partial charge in [-0.15, -0.1) is 11.3 Å². The molecular weight excluding hydrogens is 244 g/mol. The third-order valence-electron chi connectivity index (χ3n) is 1.47. The van der Waals surface area contributed by atoms with E-state index >= 15 is 0 Å². The molecular formula is C6H5BrN2O2S. The minimum Gasteiger partial charge on any atom is -0.447 e. The number of rotatable bonds is 1. The van der Waals surface area contributed by atoms with E-state index in [1.54, 1.807) is 6.20 Å². The van der Waals surface area contributed by atoms with Crippen LogP contribution in [0.2, 0.25) is 0 Å². The summed E-state index contributed by atoms with van der Waals surface area (Å²) < 4.78 is 5.69. The Bertz CT molecular complexity index is 314. The van der Waals surface area contributed by atoms with Crippen molar-refractivity contribution in [2.24, 2.45) is 0 Å². The zero-order chi connectivity index (χ0) is 8.55. The molecule has 0 aliphatic carbocycles. The first kappa shape index (κ1) is 8.00. The van der Waals surface area contributed by atoms with Gasteiger partial charge in [0.05, 0.1) is 9.98 Å². The number of nitrogens with zero attached hydrogens (tertiary/aromatic N) is 1. The number of carbonyl (C=O) groups excluding carboxylic acids is 1. The van der Waals surface area contributed by atoms with Gasteiger partial charge in [-0.25, -0.2) is 9.78 Å². The number of thiazole rings is 1. The number of ether oxygens (including phenoxy) is 1. The first-order valence-corrected chi connectivity index (χ1v) is 4.91. The van der Waals surface area contributed by atoms with E-state index in [0.29, 0.717) is 6.61 Å². The molecule has 12 heavy (non-hydrogen) atoms. The molecule has 0 radical (unpaired) electrons. The lowest BCUT2D eigenvalue weighted by Crippen LogP contribution is -2.17. The molecule has 4 nitrogen and oxygen atoms in total. The number of nitrogens with one attached hydrogen (secondary N) is 1. The van der Waals surface area contributed by atoms with Crippen LogP contribution in [0.1, 0.15) is 11.0 Å². The number of halogens is 1. The van der Waals surface area contributed by atoms with Crippen LogP contribution >= 0.6 is 27.3 Å². The van der Waals surface area contributed by atoms with E-state index in [0.717, 1.165) is 8.79 Å². The van der Waals surface area contributed by atoms with Gasteiger partial charge in [-0.05, 0) is 15.9 Å². The van der Waals surface area contributed by atoms with Crippen LogP contribution in [0.5, 0.6) is 0 Å². The Morgan fingerprint density at radius 1 is 1.83 bits per heavy atom. The van der Waals surface area contributed by atoms with Crippen LogP contribution < -0.4 is 5.32 Å². The van der Waals surface area contributed by atoms with Gasteiger partial charge in [-0.2, -0.15) is 0 Å². The number of hydrogen-bond acceptors (Lipinski definition) is 4. The lowest BCUT2D eigenvalue weighted by atomic mass is 10.3. The molecule has 1 aromatic heterocycles. The summed E-state index contributed by atoms with van der Waals surface area (Å²) in [6, 6.07) is -0.0752. The normalized spacial score (nSPS) is 22.1. The summed E-state index contributed by atoms with van der Waals surface area (Å²) in [7, 11) is 0. The van der Waals surface area contributed by atoms with Crippen LogP contribution in [-0.2, 0) is 4.74 Å². The van der Waals surface area contributed by atoms with Gasteiger partial charge in [-0.1, -0.05) is 0 Å². The van der Waals surface area contributed by atoms with E-state index < -0.39 is 0 Å². The van der Waals surface area contributed by atoms with E-state index in [-0.39, 0.29) is 12.1 Å². The summed E-state index contributed by atoms with van der Waals surface area (Å²) in [5.41, 5.74) is 0. The maximum atomic E-state index is 10.7. The molecule has 0 saturated carbocycles. The summed E-state index contributed by atoms with van der Waals surface area (Å²) in [5, 5.41) is 3.52. The molecule has 1 saturated heterocycles. The molecule has 1 aliphatic heterocycles. The van der Waals surface area contributed by atoms with Crippen molar-refractivity contribution in [3.63, 3.8) is 0 Å². The van der Waals surface area contributed by atoms with Crippen LogP contribution in [0.3, 0.4) is 0 Å². The molecule has 0 spiro atoms. The summed E-state index contributed by atoms with van der Waals surface area (Å²) in [6.45, 7) is 0.374. The molecule has 0 aromatic carbocycles. The second-order valence-electron chi connectivity index (χ2n) is 2.30. The van der Waals surface area contributed by atoms with Crippen molar-refractivity contribution < 1.29 is 9.53 Å². The SMILES string of the molecule is O=C1NC(c2ncc(Br)s2)CO1. The standard InChI is InChI=1S/C6H5BrN2O2S/c7-4-1-8-5(12-4)3-2-11-6(10)9-3/h1,3H,2H2,(H,9,10). The zero-order valence-corrected chi connectivity index (χ0v) is 8.31. The van der Waals surface area contributed by atoms with E-state index in [1.165, 1.54) is 11.3 Å². The first-order chi connectivity index (χ1) is 5.75. The van der Waals surface area contributed by atoms with E-state index in [1.807, 2.05) is 0 Å². The van der Waals surface area contributed by atoms with Crippen molar-refractivity contribution in [3.05, 3.63) is 15.0 Å². The van der Waals surface area contributed by atoms with Gasteiger partial charge in [0.1, 0.15) is 17.7 Å². The highest BCUT2D eigenvalue weighted by molar-refractivity contribution is 9.11. The summed E-state index contributed by atoms with van der Waals surface area (Å²) in [4.78, 5) is 14.8. The number of alkyl carbamates (subject to hydrolysis) is 1. The monoisotopic (exact) mass is 248 g/mol. The van der Waals surface area contributed by atoms with Gasteiger partial charge < -0.3 is 10.1 Å². The first-order valence-electron chi connectivity index (χ1n) is 3.30. The van der Waals surface area contributed by atoms with Gasteiger partial charge in [-0.3, -0.25) is 0 Å². The highest BCUT2D eigenvalue weighted by Gasteiger charge is 2.25. The maximum absolute atomic E-state index is 10.7. The molecule has 1 N–H and O–H groups in total. The predicted octanol–water partition coefficient (Wildman–Crippen LogP) is 1.69. The van der Waals surface area contributed by atoms with E-state index in [2.05, 4.69) is 26.2 Å². The summed E-state index contributed by atoms with van der Waals surface area (Å²) in [6.07, 6.45) is 1.34. The number of amides is 1. The molecule has 6 heteroatoms. The van der Waals surface area contributed by atoms with Crippen molar-refractivity contribution in [2.75, 3.05) is 6.61 Å². The minimum absolute atomic E-state index is 0.0752. The fraction of sp³-hybridized carbons (Fsp3) is 0.333. The quantitative estimate of drug-likeness (QED) is 0.823. The van der Waals surface area contributed by atoms with Gasteiger partial charge in [0.15, 0.2) is 0 Å². The Kier molecular flexibility index (Phi) is 2.02. The van der Waals surface area contributed by atoms with Crippen LogP contribution in [0.25, 0.3) is 0 Å². The number of hydrogen-bond donors (Lipinski definition) is 1. The Morgan fingerprint density at radius 3 is 3.17 bits per heavy atom. The molecule has 1 aliphatic rings. The molecule has 1 atom stereocenters. The predicted molar refractivity (Wildman–Crippen MR) is 47.0 cm³/mol. The highest BCUT2D eigenvalue weighted by Crippen LogP contribution is 2.26. The topological polar surface area (TPSA) is 51.2 Å². The van der Waals surface area contributed by atoms with Crippen LogP contribution in [0.4, 0.5) is 4.79 Å². The van der Waals surface area contributed by atoms with Gasteiger partial charge in [0.2, 0.25) is 0 Å². The smallest absolute Gasteiger partial charge is 0.407 e. The summed E-state index contributed by atoms with van der Waals surface area (Å²) in [5.74, 6) is 0. The lowest BCUT2D eigenvalue weighted by Gasteiger charge is -1.99. The lowest BCUT2D eigenvalue weighted by molar-refractivity contribution is 0.177. The molecule has 0 bridgehead atoms. The van der Waals surface area contributed by atoms with Crippen molar-refractivity contribution in [2.45, 2.75) is 6.04 Å². The number of cyclic esters (lactones) is 1. The molecule has 1 fully saturated rings. The third kappa shape index (κ3) is 1.44. The van der Waals surface area contributed by atoms with Crippen molar-refractivity contribution in [3.8, 4) is 0 Å². The molecule has 64 valence electrons. The average Bonchev–Trinajstić information content (AvgIpc) is 2.58. The third-order valence-corrected chi connectivity index (χ3v) is 3.06. The summed E-state index contributed by atoms with van der Waals surface area (Å²) >= 11 is 4.79. The largest absolute Gasteiger partial charge is 0.447 e. The zero-order valence-electron chi connectivity index (χ0n) is 5.91. The Morgan fingerprint density at radius 2 is 2.67 bits per heavy atom. The fourth-order valence-electron chi connectivity index (χ4n) is 0.946. The number of aromatic nitrogens is 1. The Hall–Kier alpha value is -0.620. The Balaban J connectivity index is 2.15. The molecule has 2 heterocycles. The van der Waals surface area contributed by atoms with E-state index in [9.17, 15) is 4.79 Å². The molecule has 1 aromatic rings. The average molecular weight is 249 g/mol. The van der Waals surface area contributed by atoms with E-state index in [4.69, 9.17) is 4.74 Å². The highest BCUT2D eigenvalue weighted by atomic mass is 79.9. The van der Waals surface area contributed by atoms with Crippen molar-refractivity contribution >= 4 is 33.4 Å². The number of carbonyl (C=O) groups is 1. The van der Waals surface area contributed by atoms with Crippen LogP contribution in [-0.4, -0.2) is 17.7 Å². The van der Waals surface area contributed by atoms with Crippen LogP contribution in [0.15, 0.2) is 9.98 Å². The molecule has 1 unspecified atom stereocenters. The molecule has 1 amide bonds. The van der Waals surface area contributed by atoms with Gasteiger partial charge in [0, 0.05) is 0 Å². The van der Waals surface area contributed by atoms with Crippen molar-refractivity contribution in [1.82, 2.24) is 10.3 Å². The second kappa shape index (κ2) is 3.02. The van der Waals surface area contributed by atoms with Gasteiger partial charge >= 0.3 is 6.09 Å². The van der Waals surface area contributed by atoms with Crippen LogP contribution in [0, 0.1) is 0 Å². The van der Waals surface area contributed by atoms with Crippen molar-refractivity contribution in [1.29, 1.82) is 0 Å².